The molecule has 0 spiro atoms. The molecule has 0 atom stereocenters. The lowest BCUT2D eigenvalue weighted by Crippen LogP contribution is -3.06. The first-order valence-electron chi connectivity index (χ1n) is 8.95. The van der Waals surface area contributed by atoms with Crippen LogP contribution < -0.4 is 9.80 Å². The molecule has 1 amide bonds. The molecule has 1 aromatic heterocycles. The fourth-order valence-electron chi connectivity index (χ4n) is 2.94. The summed E-state index contributed by atoms with van der Waals surface area (Å²) in [5.74, 6) is 0.109. The molecular formula is C21H26N3OS+. The number of carbonyl (C=O) groups is 1. The second-order valence-corrected chi connectivity index (χ2v) is 8.08. The molecule has 3 aromatic rings. The zero-order valence-corrected chi connectivity index (χ0v) is 16.7. The number of thiazole rings is 1. The highest BCUT2D eigenvalue weighted by Gasteiger charge is 2.21. The minimum absolute atomic E-state index is 0.109. The third-order valence-corrected chi connectivity index (χ3v) is 5.55. The number of anilines is 1. The van der Waals surface area contributed by atoms with Crippen LogP contribution in [0.2, 0.25) is 0 Å². The zero-order chi connectivity index (χ0) is 18.7. The van der Waals surface area contributed by atoms with E-state index in [-0.39, 0.29) is 5.91 Å². The summed E-state index contributed by atoms with van der Waals surface area (Å²) in [6.07, 6.45) is 0.408. The molecule has 0 unspecified atom stereocenters. The van der Waals surface area contributed by atoms with Gasteiger partial charge in [0.25, 0.3) is 0 Å². The number of nitrogens with zero attached hydrogens (tertiary/aromatic N) is 2. The van der Waals surface area contributed by atoms with Crippen LogP contribution in [0.1, 0.15) is 16.7 Å². The number of fused-ring (bicyclic) bond motifs is 1. The Morgan fingerprint density at radius 3 is 2.62 bits per heavy atom. The van der Waals surface area contributed by atoms with Gasteiger partial charge in [-0.15, -0.1) is 0 Å². The van der Waals surface area contributed by atoms with Crippen LogP contribution in [0.25, 0.3) is 10.2 Å². The van der Waals surface area contributed by atoms with Crippen LogP contribution in [0.3, 0.4) is 0 Å². The van der Waals surface area contributed by atoms with Gasteiger partial charge >= 0.3 is 0 Å². The fourth-order valence-corrected chi connectivity index (χ4v) is 3.95. The Morgan fingerprint density at radius 1 is 1.15 bits per heavy atom. The third-order valence-electron chi connectivity index (χ3n) is 4.49. The summed E-state index contributed by atoms with van der Waals surface area (Å²) >= 11 is 1.59. The number of benzene rings is 2. The van der Waals surface area contributed by atoms with Crippen LogP contribution in [0.5, 0.6) is 0 Å². The van der Waals surface area contributed by atoms with Crippen LogP contribution in [-0.2, 0) is 11.2 Å². The lowest BCUT2D eigenvalue weighted by atomic mass is 10.0. The van der Waals surface area contributed by atoms with E-state index in [1.807, 2.05) is 23.1 Å². The quantitative estimate of drug-likeness (QED) is 0.726. The maximum absolute atomic E-state index is 13.1. The number of rotatable bonds is 6. The van der Waals surface area contributed by atoms with E-state index in [1.54, 1.807) is 11.3 Å². The van der Waals surface area contributed by atoms with Crippen LogP contribution >= 0.6 is 11.3 Å². The van der Waals surface area contributed by atoms with Gasteiger partial charge in [0.1, 0.15) is 0 Å². The van der Waals surface area contributed by atoms with E-state index in [4.69, 9.17) is 4.98 Å². The molecule has 0 aliphatic heterocycles. The number of aryl methyl sites for hydroxylation is 2. The maximum Gasteiger partial charge on any atom is 0.233 e. The van der Waals surface area contributed by atoms with Gasteiger partial charge in [-0.2, -0.15) is 0 Å². The molecular weight excluding hydrogens is 342 g/mol. The molecule has 0 saturated heterocycles. The van der Waals surface area contributed by atoms with Crippen molar-refractivity contribution in [3.05, 3.63) is 59.2 Å². The highest BCUT2D eigenvalue weighted by atomic mass is 32.1. The van der Waals surface area contributed by atoms with Crippen molar-refractivity contribution in [3.63, 3.8) is 0 Å². The first kappa shape index (κ1) is 18.5. The van der Waals surface area contributed by atoms with E-state index in [1.165, 1.54) is 16.0 Å². The van der Waals surface area contributed by atoms with Gasteiger partial charge in [0.2, 0.25) is 5.91 Å². The highest BCUT2D eigenvalue weighted by Crippen LogP contribution is 2.29. The van der Waals surface area contributed by atoms with E-state index in [0.29, 0.717) is 13.0 Å². The smallest absolute Gasteiger partial charge is 0.233 e. The zero-order valence-electron chi connectivity index (χ0n) is 15.9. The number of amides is 1. The summed E-state index contributed by atoms with van der Waals surface area (Å²) in [5.41, 5.74) is 4.43. The van der Waals surface area contributed by atoms with Crippen molar-refractivity contribution in [2.45, 2.75) is 20.3 Å². The topological polar surface area (TPSA) is 37.6 Å². The Labute approximate surface area is 159 Å². The van der Waals surface area contributed by atoms with Gasteiger partial charge in [-0.3, -0.25) is 9.69 Å². The van der Waals surface area contributed by atoms with E-state index in [0.717, 1.165) is 27.5 Å². The van der Waals surface area contributed by atoms with E-state index < -0.39 is 0 Å². The Kier molecular flexibility index (Phi) is 5.69. The van der Waals surface area contributed by atoms with Gasteiger partial charge in [0.05, 0.1) is 43.8 Å². The highest BCUT2D eigenvalue weighted by molar-refractivity contribution is 7.22. The van der Waals surface area contributed by atoms with Gasteiger partial charge < -0.3 is 4.90 Å². The number of para-hydroxylation sites is 1. The summed E-state index contributed by atoms with van der Waals surface area (Å²) in [6.45, 7) is 5.70. The van der Waals surface area contributed by atoms with Gasteiger partial charge in [-0.1, -0.05) is 47.2 Å². The predicted octanol–water partition coefficient (Wildman–Crippen LogP) is 2.63. The number of carbonyl (C=O) groups excluding carboxylic acids is 1. The number of nitrogens with one attached hydrogen (secondary N) is 1. The van der Waals surface area contributed by atoms with Gasteiger partial charge in [0.15, 0.2) is 5.13 Å². The number of likely N-dealkylation sites (N-methyl/N-ethyl adjacent to an activating group) is 1. The lowest BCUT2D eigenvalue weighted by Gasteiger charge is -2.21. The molecule has 0 bridgehead atoms. The van der Waals surface area contributed by atoms with Crippen molar-refractivity contribution in [1.29, 1.82) is 0 Å². The first-order chi connectivity index (χ1) is 12.4. The molecule has 2 aromatic carbocycles. The van der Waals surface area contributed by atoms with Gasteiger partial charge in [0, 0.05) is 0 Å². The van der Waals surface area contributed by atoms with Crippen LogP contribution in [0.4, 0.5) is 5.13 Å². The largest absolute Gasteiger partial charge is 0.338 e. The lowest BCUT2D eigenvalue weighted by molar-refractivity contribution is -0.856. The number of aromatic nitrogens is 1. The third kappa shape index (κ3) is 4.29. The van der Waals surface area contributed by atoms with Crippen molar-refractivity contribution in [1.82, 2.24) is 4.98 Å². The fraction of sp³-hybridized carbons (Fsp3) is 0.333. The van der Waals surface area contributed by atoms with Crippen LogP contribution in [0, 0.1) is 13.8 Å². The maximum atomic E-state index is 13.1. The second-order valence-electron chi connectivity index (χ2n) is 7.07. The summed E-state index contributed by atoms with van der Waals surface area (Å²) in [5, 5.41) is 0.794. The minimum Gasteiger partial charge on any atom is -0.338 e. The van der Waals surface area contributed by atoms with Crippen molar-refractivity contribution < 1.29 is 9.69 Å². The molecule has 26 heavy (non-hydrogen) atoms. The van der Waals surface area contributed by atoms with Crippen LogP contribution in [-0.4, -0.2) is 38.1 Å². The second kappa shape index (κ2) is 7.98. The Hall–Kier alpha value is -2.24. The monoisotopic (exact) mass is 368 g/mol. The van der Waals surface area contributed by atoms with E-state index in [9.17, 15) is 4.79 Å². The molecule has 0 aliphatic rings. The summed E-state index contributed by atoms with van der Waals surface area (Å²) in [7, 11) is 4.20. The molecule has 0 aliphatic carbocycles. The number of quaternary nitrogens is 1. The standard InChI is InChI=1S/C21H25N3OS/c1-15-9-10-17(16(2)13-15)14-20(25)24(12-11-23(3)4)21-22-18-7-5-6-8-19(18)26-21/h5-10,13H,11-12,14H2,1-4H3/p+1. The molecule has 0 radical (unpaired) electrons. The SMILES string of the molecule is Cc1ccc(CC(=O)N(CC[NH+](C)C)c2nc3ccccc3s2)c(C)c1. The predicted molar refractivity (Wildman–Crippen MR) is 109 cm³/mol. The van der Waals surface area contributed by atoms with Crippen molar-refractivity contribution in [3.8, 4) is 0 Å². The molecule has 5 heteroatoms. The summed E-state index contributed by atoms with van der Waals surface area (Å²) < 4.78 is 1.11. The molecule has 136 valence electrons. The Bertz CT molecular complexity index is 884. The van der Waals surface area contributed by atoms with Gasteiger partial charge in [-0.05, 0) is 37.1 Å². The van der Waals surface area contributed by atoms with Crippen molar-refractivity contribution >= 4 is 32.6 Å². The number of hydrogen-bond donors (Lipinski definition) is 1. The average molecular weight is 369 g/mol. The number of hydrogen-bond acceptors (Lipinski definition) is 3. The minimum atomic E-state index is 0.109. The molecule has 3 rings (SSSR count). The summed E-state index contributed by atoms with van der Waals surface area (Å²) in [4.78, 5) is 21.0. The van der Waals surface area contributed by atoms with Crippen molar-refractivity contribution in [2.75, 3.05) is 32.1 Å². The Morgan fingerprint density at radius 2 is 1.92 bits per heavy atom. The van der Waals surface area contributed by atoms with Crippen molar-refractivity contribution in [2.24, 2.45) is 0 Å². The Balaban J connectivity index is 1.88. The summed E-state index contributed by atoms with van der Waals surface area (Å²) in [6, 6.07) is 14.3. The molecule has 0 saturated carbocycles. The molecule has 0 fully saturated rings. The first-order valence-corrected chi connectivity index (χ1v) is 9.77. The normalized spacial score (nSPS) is 11.3. The molecule has 1 heterocycles. The molecule has 1 N–H and O–H groups in total. The van der Waals surface area contributed by atoms with E-state index in [2.05, 4.69) is 52.2 Å². The van der Waals surface area contributed by atoms with Gasteiger partial charge in [-0.25, -0.2) is 4.98 Å². The van der Waals surface area contributed by atoms with E-state index >= 15 is 0 Å². The molecule has 4 nitrogen and oxygen atoms in total. The average Bonchev–Trinajstić information content (AvgIpc) is 3.01. The van der Waals surface area contributed by atoms with Crippen LogP contribution in [0.15, 0.2) is 42.5 Å².